The Balaban J connectivity index is 1.42. The van der Waals surface area contributed by atoms with E-state index in [2.05, 4.69) is 5.32 Å². The van der Waals surface area contributed by atoms with Crippen LogP contribution in [0, 0.1) is 6.92 Å². The van der Waals surface area contributed by atoms with Gasteiger partial charge in [-0.25, -0.2) is 4.68 Å². The van der Waals surface area contributed by atoms with Crippen molar-refractivity contribution in [3.05, 3.63) is 131 Å². The Labute approximate surface area is 281 Å². The lowest BCUT2D eigenvalue weighted by Gasteiger charge is -2.16. The van der Waals surface area contributed by atoms with Crippen LogP contribution in [0.1, 0.15) is 34.4 Å². The normalized spacial score (nSPS) is 11.1. The number of ether oxygens (including phenoxy) is 3. The molecule has 5 aromatic rings. The lowest BCUT2D eigenvalue weighted by Crippen LogP contribution is -2.23. The second-order valence-electron chi connectivity index (χ2n) is 11.4. The SMILES string of the molecule is COc1cc(C=C(C(=O)N(C)C)c2ccc(Oc3c(CCC(=O)NCc4ccccc4)c(C)nn3-c3ccccc3)cc2)cc(OC)c1. The minimum absolute atomic E-state index is 0.0560. The Morgan fingerprint density at radius 3 is 2.06 bits per heavy atom. The smallest absolute Gasteiger partial charge is 0.253 e. The van der Waals surface area contributed by atoms with Gasteiger partial charge in [0, 0.05) is 44.3 Å². The maximum Gasteiger partial charge on any atom is 0.253 e. The molecule has 1 aromatic heterocycles. The number of hydrogen-bond acceptors (Lipinski definition) is 6. The summed E-state index contributed by atoms with van der Waals surface area (Å²) in [5, 5.41) is 7.80. The van der Waals surface area contributed by atoms with Crippen molar-refractivity contribution in [3.8, 4) is 28.8 Å². The third-order valence-electron chi connectivity index (χ3n) is 7.77. The molecule has 9 heteroatoms. The average Bonchev–Trinajstić information content (AvgIpc) is 3.43. The van der Waals surface area contributed by atoms with Gasteiger partial charge in [0.1, 0.15) is 17.2 Å². The molecule has 0 aliphatic rings. The molecule has 1 heterocycles. The third-order valence-corrected chi connectivity index (χ3v) is 7.77. The summed E-state index contributed by atoms with van der Waals surface area (Å²) in [4.78, 5) is 27.7. The van der Waals surface area contributed by atoms with Gasteiger partial charge in [0.05, 0.1) is 25.6 Å². The Morgan fingerprint density at radius 2 is 1.46 bits per heavy atom. The second-order valence-corrected chi connectivity index (χ2v) is 11.4. The number of carbonyl (C=O) groups excluding carboxylic acids is 2. The van der Waals surface area contributed by atoms with Gasteiger partial charge in [-0.2, -0.15) is 5.10 Å². The number of likely N-dealkylation sites (N-methyl/N-ethyl adjacent to an activating group) is 1. The topological polar surface area (TPSA) is 94.9 Å². The summed E-state index contributed by atoms with van der Waals surface area (Å²) in [6, 6.07) is 32.4. The average molecular weight is 645 g/mol. The number of rotatable bonds is 13. The summed E-state index contributed by atoms with van der Waals surface area (Å²) in [6.45, 7) is 2.39. The van der Waals surface area contributed by atoms with Crippen molar-refractivity contribution in [3.63, 3.8) is 0 Å². The molecule has 1 N–H and O–H groups in total. The second kappa shape index (κ2) is 15.6. The largest absolute Gasteiger partial charge is 0.497 e. The summed E-state index contributed by atoms with van der Waals surface area (Å²) < 4.78 is 19.1. The predicted octanol–water partition coefficient (Wildman–Crippen LogP) is 6.87. The van der Waals surface area contributed by atoms with Crippen LogP contribution in [0.2, 0.25) is 0 Å². The standard InChI is InChI=1S/C39H40N4O5/c1-27-35(20-21-37(44)40-26-28-12-8-6-9-13-28)39(43(41-27)31-14-10-7-11-15-31)48-32-18-16-30(17-19-32)36(38(45)42(2)3)24-29-22-33(46-4)25-34(23-29)47-5/h6-19,22-25H,20-21,26H2,1-5H3,(H,40,44). The van der Waals surface area contributed by atoms with E-state index in [0.717, 1.165) is 28.1 Å². The van der Waals surface area contributed by atoms with E-state index in [9.17, 15) is 9.59 Å². The molecule has 0 aliphatic carbocycles. The van der Waals surface area contributed by atoms with E-state index < -0.39 is 0 Å². The highest BCUT2D eigenvalue weighted by molar-refractivity contribution is 6.24. The van der Waals surface area contributed by atoms with Gasteiger partial charge in [0.2, 0.25) is 11.8 Å². The molecular formula is C39H40N4O5. The Morgan fingerprint density at radius 1 is 0.833 bits per heavy atom. The van der Waals surface area contributed by atoms with Gasteiger partial charge < -0.3 is 24.4 Å². The van der Waals surface area contributed by atoms with Gasteiger partial charge in [0.25, 0.3) is 5.91 Å². The molecule has 5 rings (SSSR count). The Kier molecular flexibility index (Phi) is 10.9. The van der Waals surface area contributed by atoms with Crippen molar-refractivity contribution in [2.24, 2.45) is 0 Å². The van der Waals surface area contributed by atoms with E-state index in [1.807, 2.05) is 110 Å². The van der Waals surface area contributed by atoms with Crippen molar-refractivity contribution in [1.29, 1.82) is 0 Å². The summed E-state index contributed by atoms with van der Waals surface area (Å²) in [7, 11) is 6.61. The van der Waals surface area contributed by atoms with E-state index in [-0.39, 0.29) is 18.2 Å². The van der Waals surface area contributed by atoms with Crippen LogP contribution in [0.25, 0.3) is 17.3 Å². The van der Waals surface area contributed by atoms with E-state index in [1.165, 1.54) is 4.90 Å². The first-order valence-electron chi connectivity index (χ1n) is 15.6. The van der Waals surface area contributed by atoms with Crippen molar-refractivity contribution < 1.29 is 23.8 Å². The van der Waals surface area contributed by atoms with Crippen LogP contribution in [0.15, 0.2) is 103 Å². The summed E-state index contributed by atoms with van der Waals surface area (Å²) >= 11 is 0. The fourth-order valence-corrected chi connectivity index (χ4v) is 5.20. The minimum Gasteiger partial charge on any atom is -0.497 e. The fraction of sp³-hybridized carbons (Fsp3) is 0.205. The number of aromatic nitrogens is 2. The predicted molar refractivity (Wildman–Crippen MR) is 188 cm³/mol. The number of nitrogens with one attached hydrogen (secondary N) is 1. The van der Waals surface area contributed by atoms with Crippen LogP contribution in [0.5, 0.6) is 23.1 Å². The molecule has 0 unspecified atom stereocenters. The van der Waals surface area contributed by atoms with Crippen LogP contribution < -0.4 is 19.5 Å². The molecule has 0 fully saturated rings. The highest BCUT2D eigenvalue weighted by atomic mass is 16.5. The lowest BCUT2D eigenvalue weighted by atomic mass is 10.0. The molecule has 246 valence electrons. The van der Waals surface area contributed by atoms with Crippen LogP contribution in [-0.4, -0.2) is 54.8 Å². The zero-order valence-corrected chi connectivity index (χ0v) is 27.9. The highest BCUT2D eigenvalue weighted by Gasteiger charge is 2.21. The summed E-state index contributed by atoms with van der Waals surface area (Å²) in [5.74, 6) is 2.12. The van der Waals surface area contributed by atoms with E-state index in [4.69, 9.17) is 19.3 Å². The van der Waals surface area contributed by atoms with E-state index in [0.29, 0.717) is 47.2 Å². The molecule has 2 amide bonds. The zero-order valence-electron chi connectivity index (χ0n) is 27.9. The highest BCUT2D eigenvalue weighted by Crippen LogP contribution is 2.33. The zero-order chi connectivity index (χ0) is 34.0. The number of methoxy groups -OCH3 is 2. The van der Waals surface area contributed by atoms with Gasteiger partial charge in [-0.1, -0.05) is 60.7 Å². The molecule has 0 spiro atoms. The first kappa shape index (κ1) is 33.5. The molecule has 9 nitrogen and oxygen atoms in total. The number of amides is 2. The maximum atomic E-state index is 13.4. The Hall–Kier alpha value is -5.83. The van der Waals surface area contributed by atoms with Crippen LogP contribution in [0.3, 0.4) is 0 Å². The number of nitrogens with zero attached hydrogens (tertiary/aromatic N) is 3. The molecule has 0 radical (unpaired) electrons. The van der Waals surface area contributed by atoms with Crippen LogP contribution >= 0.6 is 0 Å². The molecule has 4 aromatic carbocycles. The minimum atomic E-state index is -0.156. The molecule has 0 saturated carbocycles. The van der Waals surface area contributed by atoms with Crippen LogP contribution in [-0.2, 0) is 22.6 Å². The van der Waals surface area contributed by atoms with Crippen molar-refractivity contribution in [2.75, 3.05) is 28.3 Å². The fourth-order valence-electron chi connectivity index (χ4n) is 5.20. The first-order chi connectivity index (χ1) is 23.2. The van der Waals surface area contributed by atoms with Gasteiger partial charge in [0.15, 0.2) is 0 Å². The number of aryl methyl sites for hydroxylation is 1. The number of carbonyl (C=O) groups is 2. The number of hydrogen-bond donors (Lipinski definition) is 1. The molecular weight excluding hydrogens is 604 g/mol. The van der Waals surface area contributed by atoms with Gasteiger partial charge in [-0.05, 0) is 72.5 Å². The molecule has 0 atom stereocenters. The van der Waals surface area contributed by atoms with Gasteiger partial charge in [-0.3, -0.25) is 9.59 Å². The van der Waals surface area contributed by atoms with E-state index in [1.54, 1.807) is 39.1 Å². The summed E-state index contributed by atoms with van der Waals surface area (Å²) in [5.41, 5.74) is 5.46. The third kappa shape index (κ3) is 8.30. The van der Waals surface area contributed by atoms with Gasteiger partial charge in [-0.15, -0.1) is 0 Å². The van der Waals surface area contributed by atoms with Crippen LogP contribution in [0.4, 0.5) is 0 Å². The molecule has 0 saturated heterocycles. The van der Waals surface area contributed by atoms with Gasteiger partial charge >= 0.3 is 0 Å². The maximum absolute atomic E-state index is 13.4. The first-order valence-corrected chi connectivity index (χ1v) is 15.6. The lowest BCUT2D eigenvalue weighted by molar-refractivity contribution is -0.122. The summed E-state index contributed by atoms with van der Waals surface area (Å²) in [6.07, 6.45) is 2.54. The molecule has 48 heavy (non-hydrogen) atoms. The number of benzene rings is 4. The quantitative estimate of drug-likeness (QED) is 0.111. The van der Waals surface area contributed by atoms with Crippen molar-refractivity contribution in [1.82, 2.24) is 20.0 Å². The van der Waals surface area contributed by atoms with E-state index >= 15 is 0 Å². The van der Waals surface area contributed by atoms with Crippen molar-refractivity contribution in [2.45, 2.75) is 26.3 Å². The Bertz CT molecular complexity index is 1860. The van der Waals surface area contributed by atoms with Crippen molar-refractivity contribution >= 4 is 23.5 Å². The number of para-hydroxylation sites is 1. The monoisotopic (exact) mass is 644 g/mol. The molecule has 0 aliphatic heterocycles. The molecule has 0 bridgehead atoms.